The summed E-state index contributed by atoms with van der Waals surface area (Å²) in [5, 5.41) is 2.12. The Balaban J connectivity index is 1.66. The Bertz CT molecular complexity index is 1750. The van der Waals surface area contributed by atoms with Crippen LogP contribution in [0.5, 0.6) is 11.5 Å². The van der Waals surface area contributed by atoms with E-state index in [9.17, 15) is 4.79 Å². The predicted molar refractivity (Wildman–Crippen MR) is 199 cm³/mol. The van der Waals surface area contributed by atoms with Gasteiger partial charge in [-0.3, -0.25) is 4.79 Å². The smallest absolute Gasteiger partial charge is 0.261 e. The highest BCUT2D eigenvalue weighted by atomic mass is 28.4. The lowest BCUT2D eigenvalue weighted by Crippen LogP contribution is -2.66. The largest absolute Gasteiger partial charge is 0.488 e. The van der Waals surface area contributed by atoms with E-state index in [4.69, 9.17) is 13.9 Å². The molecule has 0 N–H and O–H groups in total. The Kier molecular flexibility index (Phi) is 11.5. The quantitative estimate of drug-likeness (QED) is 0.0680. The van der Waals surface area contributed by atoms with E-state index in [0.717, 1.165) is 34.1 Å². The first-order valence-corrected chi connectivity index (χ1v) is 18.5. The summed E-state index contributed by atoms with van der Waals surface area (Å²) in [7, 11) is -2.92. The normalized spacial score (nSPS) is 11.5. The van der Waals surface area contributed by atoms with E-state index in [1.165, 1.54) is 10.4 Å². The number of carbonyl (C=O) groups excluding carboxylic acids is 1. The Morgan fingerprint density at radius 2 is 1.06 bits per heavy atom. The molecule has 0 aliphatic rings. The molecule has 48 heavy (non-hydrogen) atoms. The van der Waals surface area contributed by atoms with Gasteiger partial charge in [-0.25, -0.2) is 0 Å². The molecule has 0 bridgehead atoms. The molecule has 0 spiro atoms. The van der Waals surface area contributed by atoms with Gasteiger partial charge in [0.15, 0.2) is 6.29 Å². The molecule has 0 saturated heterocycles. The van der Waals surface area contributed by atoms with E-state index >= 15 is 0 Å². The van der Waals surface area contributed by atoms with Crippen LogP contribution in [0.15, 0.2) is 139 Å². The maximum absolute atomic E-state index is 13.2. The lowest BCUT2D eigenvalue weighted by molar-refractivity contribution is 0.111. The summed E-state index contributed by atoms with van der Waals surface area (Å²) in [6.07, 6.45) is 3.63. The van der Waals surface area contributed by atoms with E-state index in [0.29, 0.717) is 36.7 Å². The van der Waals surface area contributed by atoms with Crippen molar-refractivity contribution in [1.29, 1.82) is 0 Å². The monoisotopic (exact) mass is 654 g/mol. The van der Waals surface area contributed by atoms with E-state index in [2.05, 4.69) is 89.2 Å². The highest BCUT2D eigenvalue weighted by Crippen LogP contribution is 2.40. The Morgan fingerprint density at radius 1 is 0.625 bits per heavy atom. The van der Waals surface area contributed by atoms with Gasteiger partial charge in [0.25, 0.3) is 8.32 Å². The standard InChI is InChI=1S/C43H46O4Si/c1-33(2)26-27-38-39(29-44)40(32-47-48(43(3,4)5,36-22-14-8-15-23-36)37-24-16-9-17-25-37)42(46-31-35-20-12-7-13-21-35)28-41(38)45-30-34-18-10-6-11-19-34/h6-26,28-29H,27,30-32H2,1-5H3. The average Bonchev–Trinajstić information content (AvgIpc) is 3.10. The van der Waals surface area contributed by atoms with Crippen LogP contribution in [-0.2, 0) is 30.7 Å². The summed E-state index contributed by atoms with van der Waals surface area (Å²) >= 11 is 0. The van der Waals surface area contributed by atoms with Gasteiger partial charge in [-0.15, -0.1) is 0 Å². The van der Waals surface area contributed by atoms with Crippen LogP contribution in [0.4, 0.5) is 0 Å². The Labute approximate surface area is 287 Å². The molecule has 0 aromatic heterocycles. The maximum Gasteiger partial charge on any atom is 0.261 e. The van der Waals surface area contributed by atoms with Crippen molar-refractivity contribution in [2.75, 3.05) is 0 Å². The number of rotatable bonds is 14. The van der Waals surface area contributed by atoms with Crippen LogP contribution in [0, 0.1) is 0 Å². The fourth-order valence-corrected chi connectivity index (χ4v) is 10.7. The number of allylic oxidation sites excluding steroid dienone is 2. The van der Waals surface area contributed by atoms with Gasteiger partial charge in [0.1, 0.15) is 24.7 Å². The van der Waals surface area contributed by atoms with Gasteiger partial charge in [0.2, 0.25) is 0 Å². The molecule has 0 fully saturated rings. The van der Waals surface area contributed by atoms with Crippen molar-refractivity contribution < 1.29 is 18.7 Å². The Hall–Kier alpha value is -4.71. The van der Waals surface area contributed by atoms with Crippen molar-refractivity contribution in [3.05, 3.63) is 167 Å². The summed E-state index contributed by atoms with van der Waals surface area (Å²) in [5.41, 5.74) is 5.36. The number of aldehydes is 1. The molecule has 0 saturated carbocycles. The minimum absolute atomic E-state index is 0.201. The van der Waals surface area contributed by atoms with Crippen molar-refractivity contribution in [3.63, 3.8) is 0 Å². The minimum atomic E-state index is -2.92. The van der Waals surface area contributed by atoms with Crippen molar-refractivity contribution in [1.82, 2.24) is 0 Å². The maximum atomic E-state index is 13.2. The second kappa shape index (κ2) is 15.9. The lowest BCUT2D eigenvalue weighted by Gasteiger charge is -2.43. The summed E-state index contributed by atoms with van der Waals surface area (Å²) in [4.78, 5) is 13.2. The van der Waals surface area contributed by atoms with E-state index < -0.39 is 8.32 Å². The molecule has 0 aliphatic heterocycles. The molecule has 5 rings (SSSR count). The van der Waals surface area contributed by atoms with Crippen molar-refractivity contribution in [3.8, 4) is 11.5 Å². The van der Waals surface area contributed by atoms with Crippen LogP contribution >= 0.6 is 0 Å². The van der Waals surface area contributed by atoms with Crippen molar-refractivity contribution >= 4 is 25.0 Å². The van der Waals surface area contributed by atoms with Crippen LogP contribution in [0.3, 0.4) is 0 Å². The van der Waals surface area contributed by atoms with Crippen LogP contribution in [0.25, 0.3) is 0 Å². The van der Waals surface area contributed by atoms with Crippen molar-refractivity contribution in [2.24, 2.45) is 0 Å². The summed E-state index contributed by atoms with van der Waals surface area (Å²) < 4.78 is 20.4. The number of hydrogen-bond donors (Lipinski definition) is 0. The van der Waals surface area contributed by atoms with E-state index in [1.54, 1.807) is 0 Å². The van der Waals surface area contributed by atoms with Crippen LogP contribution < -0.4 is 19.8 Å². The minimum Gasteiger partial charge on any atom is -0.488 e. The molecule has 246 valence electrons. The summed E-state index contributed by atoms with van der Waals surface area (Å²) in [6.45, 7) is 11.8. The fraction of sp³-hybridized carbons (Fsp3) is 0.233. The van der Waals surface area contributed by atoms with Gasteiger partial charge >= 0.3 is 0 Å². The van der Waals surface area contributed by atoms with Crippen LogP contribution in [-0.4, -0.2) is 14.6 Å². The zero-order valence-electron chi connectivity index (χ0n) is 28.7. The molecule has 0 heterocycles. The molecule has 5 aromatic carbocycles. The molecule has 0 radical (unpaired) electrons. The molecule has 4 nitrogen and oxygen atoms in total. The second-order valence-corrected chi connectivity index (χ2v) is 17.7. The van der Waals surface area contributed by atoms with Gasteiger partial charge in [0, 0.05) is 22.8 Å². The number of hydrogen-bond acceptors (Lipinski definition) is 4. The van der Waals surface area contributed by atoms with E-state index in [1.807, 2.05) is 78.9 Å². The van der Waals surface area contributed by atoms with E-state index in [-0.39, 0.29) is 11.6 Å². The third-order valence-electron chi connectivity index (χ3n) is 8.66. The summed E-state index contributed by atoms with van der Waals surface area (Å²) in [6, 6.07) is 43.2. The van der Waals surface area contributed by atoms with Gasteiger partial charge in [-0.05, 0) is 46.8 Å². The molecule has 5 aromatic rings. The molecule has 0 amide bonds. The highest BCUT2D eigenvalue weighted by molar-refractivity contribution is 6.99. The molecule has 5 heteroatoms. The third-order valence-corrected chi connectivity index (χ3v) is 13.6. The number of benzene rings is 5. The molecular weight excluding hydrogens is 609 g/mol. The third kappa shape index (κ3) is 8.04. The lowest BCUT2D eigenvalue weighted by atomic mass is 9.97. The number of ether oxygens (including phenoxy) is 2. The SMILES string of the molecule is CC(C)=CCc1c(OCc2ccccc2)cc(OCc2ccccc2)c(CO[Si](c2ccccc2)(c2ccccc2)C(C)(C)C)c1C=O. The highest BCUT2D eigenvalue weighted by Gasteiger charge is 2.50. The average molecular weight is 655 g/mol. The zero-order valence-corrected chi connectivity index (χ0v) is 29.7. The predicted octanol–water partition coefficient (Wildman–Crippen LogP) is 9.24. The molecular formula is C43H46O4Si. The van der Waals surface area contributed by atoms with Gasteiger partial charge in [-0.1, -0.05) is 154 Å². The van der Waals surface area contributed by atoms with Gasteiger partial charge in [-0.2, -0.15) is 0 Å². The zero-order chi connectivity index (χ0) is 34.0. The number of carbonyl (C=O) groups is 1. The van der Waals surface area contributed by atoms with Gasteiger partial charge < -0.3 is 13.9 Å². The molecule has 0 unspecified atom stereocenters. The molecule has 0 aliphatic carbocycles. The first kappa shape index (κ1) is 34.6. The van der Waals surface area contributed by atoms with Crippen LogP contribution in [0.2, 0.25) is 5.04 Å². The Morgan fingerprint density at radius 3 is 1.48 bits per heavy atom. The van der Waals surface area contributed by atoms with Crippen LogP contribution in [0.1, 0.15) is 67.2 Å². The van der Waals surface area contributed by atoms with Gasteiger partial charge in [0.05, 0.1) is 6.61 Å². The van der Waals surface area contributed by atoms with Crippen molar-refractivity contribution in [2.45, 2.75) is 65.9 Å². The topological polar surface area (TPSA) is 44.8 Å². The first-order chi connectivity index (χ1) is 23.2. The molecule has 0 atom stereocenters. The first-order valence-electron chi connectivity index (χ1n) is 16.6. The summed E-state index contributed by atoms with van der Waals surface area (Å²) in [5.74, 6) is 1.22. The second-order valence-electron chi connectivity index (χ2n) is 13.3. The fourth-order valence-electron chi connectivity index (χ4n) is 6.22.